The number of fused-ring (bicyclic) bond motifs is 1. The second-order valence-electron chi connectivity index (χ2n) is 3.61. The molecule has 0 saturated heterocycles. The van der Waals surface area contributed by atoms with Crippen LogP contribution < -0.4 is 27.6 Å². The van der Waals surface area contributed by atoms with Gasteiger partial charge in [0.1, 0.15) is 5.82 Å². The van der Waals surface area contributed by atoms with Crippen LogP contribution in [0, 0.1) is 5.82 Å². The van der Waals surface area contributed by atoms with Crippen LogP contribution in [0.5, 0.6) is 11.5 Å². The van der Waals surface area contributed by atoms with Crippen LogP contribution in [0.25, 0.3) is 0 Å². The molecule has 0 spiro atoms. The van der Waals surface area contributed by atoms with Gasteiger partial charge in [-0.05, 0) is 18.6 Å². The van der Waals surface area contributed by atoms with Crippen molar-refractivity contribution in [2.75, 3.05) is 6.79 Å². The Bertz CT molecular complexity index is 358. The maximum Gasteiger partial charge on any atom is 0.231 e. The fraction of sp³-hybridized carbons (Fsp3) is 0.400. The number of hydrogen-bond donors (Lipinski definition) is 1. The van der Waals surface area contributed by atoms with E-state index < -0.39 is 0 Å². The number of quaternary nitrogens is 1. The fourth-order valence-corrected chi connectivity index (χ4v) is 1.49. The summed E-state index contributed by atoms with van der Waals surface area (Å²) in [6, 6.07) is 3.25. The minimum atomic E-state index is -0.246. The summed E-state index contributed by atoms with van der Waals surface area (Å²) in [7, 11) is 0. The highest BCUT2D eigenvalue weighted by Crippen LogP contribution is 2.34. The van der Waals surface area contributed by atoms with Gasteiger partial charge in [-0.25, -0.2) is 4.39 Å². The third-order valence-corrected chi connectivity index (χ3v) is 2.11. The van der Waals surface area contributed by atoms with Crippen molar-refractivity contribution >= 4 is 0 Å². The van der Waals surface area contributed by atoms with Crippen molar-refractivity contribution in [1.29, 1.82) is 0 Å². The van der Waals surface area contributed by atoms with Crippen molar-refractivity contribution < 1.29 is 32.0 Å². The van der Waals surface area contributed by atoms with Gasteiger partial charge in [0.25, 0.3) is 0 Å². The topological polar surface area (TPSA) is 46.1 Å². The van der Waals surface area contributed by atoms with Crippen molar-refractivity contribution in [1.82, 2.24) is 0 Å². The summed E-state index contributed by atoms with van der Waals surface area (Å²) in [6.07, 6.45) is 0.614. The molecule has 1 aromatic carbocycles. The van der Waals surface area contributed by atoms with Gasteiger partial charge in [0.05, 0.1) is 6.04 Å². The molecule has 84 valence electrons. The summed E-state index contributed by atoms with van der Waals surface area (Å²) < 4.78 is 23.7. The molecule has 5 heteroatoms. The molecule has 0 radical (unpaired) electrons. The molecule has 1 aromatic rings. The van der Waals surface area contributed by atoms with Crippen molar-refractivity contribution in [2.24, 2.45) is 0 Å². The Morgan fingerprint density at radius 3 is 2.60 bits per heavy atom. The molecule has 0 fully saturated rings. The largest absolute Gasteiger partial charge is 1.00 e. The summed E-state index contributed by atoms with van der Waals surface area (Å²) in [6.45, 7) is 2.13. The Labute approximate surface area is 93.8 Å². The van der Waals surface area contributed by atoms with E-state index in [4.69, 9.17) is 9.47 Å². The van der Waals surface area contributed by atoms with E-state index in [1.54, 1.807) is 6.07 Å². The summed E-state index contributed by atoms with van der Waals surface area (Å²) >= 11 is 0. The minimum absolute atomic E-state index is 0. The lowest BCUT2D eigenvalue weighted by molar-refractivity contribution is -0.413. The van der Waals surface area contributed by atoms with Gasteiger partial charge < -0.3 is 27.6 Å². The molecule has 0 unspecified atom stereocenters. The van der Waals surface area contributed by atoms with E-state index in [1.807, 2.05) is 6.92 Å². The molecule has 2 rings (SSSR count). The average Bonchev–Trinajstić information content (AvgIpc) is 2.51. The molecule has 0 aromatic heterocycles. The van der Waals surface area contributed by atoms with E-state index in [9.17, 15) is 4.39 Å². The summed E-state index contributed by atoms with van der Waals surface area (Å²) in [4.78, 5) is 0. The zero-order chi connectivity index (χ0) is 10.1. The molecular formula is C10H13ClFNO2. The summed E-state index contributed by atoms with van der Waals surface area (Å²) in [5.74, 6) is 0.870. The number of hydrogen-bond acceptors (Lipinski definition) is 2. The zero-order valence-electron chi connectivity index (χ0n) is 8.43. The summed E-state index contributed by atoms with van der Waals surface area (Å²) in [5, 5.41) is 0. The fourth-order valence-electron chi connectivity index (χ4n) is 1.49. The molecule has 1 aliphatic rings. The number of halogens is 2. The van der Waals surface area contributed by atoms with Gasteiger partial charge in [-0.15, -0.1) is 0 Å². The van der Waals surface area contributed by atoms with Gasteiger partial charge in [0.2, 0.25) is 6.79 Å². The van der Waals surface area contributed by atoms with Gasteiger partial charge in [0.15, 0.2) is 11.5 Å². The molecule has 0 amide bonds. The molecule has 0 saturated carbocycles. The van der Waals surface area contributed by atoms with Crippen molar-refractivity contribution in [3.05, 3.63) is 23.5 Å². The number of benzene rings is 1. The van der Waals surface area contributed by atoms with E-state index in [2.05, 4.69) is 5.73 Å². The monoisotopic (exact) mass is 233 g/mol. The standard InChI is InChI=1S/C10H12FNO2.ClH/c1-6(12)2-7-3-9-10(4-8(7)11)14-5-13-9;/h3-4,6H,2,5,12H2,1H3;1H/t6-;/m1./s1. The Morgan fingerprint density at radius 1 is 1.40 bits per heavy atom. The molecule has 1 aliphatic heterocycles. The molecule has 1 atom stereocenters. The van der Waals surface area contributed by atoms with Crippen molar-refractivity contribution in [3.8, 4) is 11.5 Å². The Hall–Kier alpha value is -1.00. The van der Waals surface area contributed by atoms with Crippen LogP contribution in [0.1, 0.15) is 12.5 Å². The smallest absolute Gasteiger partial charge is 0.231 e. The lowest BCUT2D eigenvalue weighted by Gasteiger charge is -2.05. The predicted octanol–water partition coefficient (Wildman–Crippen LogP) is -2.27. The Balaban J connectivity index is 0.00000112. The third kappa shape index (κ3) is 2.52. The van der Waals surface area contributed by atoms with E-state index >= 15 is 0 Å². The maximum absolute atomic E-state index is 13.4. The molecule has 3 N–H and O–H groups in total. The lowest BCUT2D eigenvalue weighted by atomic mass is 10.1. The van der Waals surface area contributed by atoms with E-state index in [-0.39, 0.29) is 31.1 Å². The van der Waals surface area contributed by atoms with Gasteiger partial charge in [-0.1, -0.05) is 0 Å². The van der Waals surface area contributed by atoms with Crippen LogP contribution in [0.4, 0.5) is 4.39 Å². The number of ether oxygens (including phenoxy) is 2. The number of rotatable bonds is 2. The quantitative estimate of drug-likeness (QED) is 0.626. The first kappa shape index (κ1) is 12.1. The third-order valence-electron chi connectivity index (χ3n) is 2.11. The van der Waals surface area contributed by atoms with E-state index in [0.29, 0.717) is 23.5 Å². The molecule has 15 heavy (non-hydrogen) atoms. The first-order valence-corrected chi connectivity index (χ1v) is 4.58. The predicted molar refractivity (Wildman–Crippen MR) is 48.6 cm³/mol. The van der Waals surface area contributed by atoms with Crippen molar-refractivity contribution in [3.63, 3.8) is 0 Å². The minimum Gasteiger partial charge on any atom is -1.00 e. The average molecular weight is 234 g/mol. The van der Waals surface area contributed by atoms with Gasteiger partial charge in [0, 0.05) is 12.5 Å². The lowest BCUT2D eigenvalue weighted by Crippen LogP contribution is -3.00. The molecule has 0 bridgehead atoms. The highest BCUT2D eigenvalue weighted by atomic mass is 35.5. The highest BCUT2D eigenvalue weighted by molar-refractivity contribution is 5.45. The van der Waals surface area contributed by atoms with Crippen LogP contribution >= 0.6 is 0 Å². The maximum atomic E-state index is 13.4. The van der Waals surface area contributed by atoms with Crippen LogP contribution in [-0.4, -0.2) is 12.8 Å². The molecule has 0 aliphatic carbocycles. The van der Waals surface area contributed by atoms with Crippen LogP contribution in [0.3, 0.4) is 0 Å². The van der Waals surface area contributed by atoms with Gasteiger partial charge in [-0.2, -0.15) is 0 Å². The SMILES string of the molecule is C[C@@H]([NH3+])Cc1cc2c(cc1F)OCO2.[Cl-]. The first-order chi connectivity index (χ1) is 6.66. The Morgan fingerprint density at radius 2 is 2.00 bits per heavy atom. The van der Waals surface area contributed by atoms with Crippen LogP contribution in [0.2, 0.25) is 0 Å². The van der Waals surface area contributed by atoms with Crippen LogP contribution in [-0.2, 0) is 6.42 Å². The molecule has 1 heterocycles. The summed E-state index contributed by atoms with van der Waals surface area (Å²) in [5.41, 5.74) is 4.47. The van der Waals surface area contributed by atoms with Gasteiger partial charge >= 0.3 is 0 Å². The molecular weight excluding hydrogens is 221 g/mol. The van der Waals surface area contributed by atoms with Crippen LogP contribution in [0.15, 0.2) is 12.1 Å². The second-order valence-corrected chi connectivity index (χ2v) is 3.61. The van der Waals surface area contributed by atoms with E-state index in [1.165, 1.54) is 6.07 Å². The van der Waals surface area contributed by atoms with Crippen molar-refractivity contribution in [2.45, 2.75) is 19.4 Å². The molecule has 3 nitrogen and oxygen atoms in total. The highest BCUT2D eigenvalue weighted by Gasteiger charge is 2.18. The Kier molecular flexibility index (Phi) is 3.77. The zero-order valence-corrected chi connectivity index (χ0v) is 9.18. The first-order valence-electron chi connectivity index (χ1n) is 4.58. The second kappa shape index (κ2) is 4.68. The van der Waals surface area contributed by atoms with Gasteiger partial charge in [-0.3, -0.25) is 0 Å². The normalized spacial score (nSPS) is 14.6. The van der Waals surface area contributed by atoms with E-state index in [0.717, 1.165) is 0 Å².